The van der Waals surface area contributed by atoms with Gasteiger partial charge in [-0.15, -0.1) is 0 Å². The summed E-state index contributed by atoms with van der Waals surface area (Å²) in [5.74, 6) is -0.332. The third kappa shape index (κ3) is 3.49. The van der Waals surface area contributed by atoms with E-state index in [2.05, 4.69) is 10.3 Å². The Hall–Kier alpha value is -3.18. The number of oxazole rings is 1. The van der Waals surface area contributed by atoms with Crippen molar-refractivity contribution in [1.82, 2.24) is 4.98 Å². The molecule has 140 valence electrons. The molecule has 3 aromatic carbocycles. The van der Waals surface area contributed by atoms with Crippen LogP contribution in [0.25, 0.3) is 22.6 Å². The third-order valence-corrected chi connectivity index (χ3v) is 4.75. The van der Waals surface area contributed by atoms with Crippen LogP contribution in [0.1, 0.15) is 21.5 Å². The Morgan fingerprint density at radius 3 is 2.64 bits per heavy atom. The number of hydrogen-bond acceptors (Lipinski definition) is 3. The molecule has 1 N–H and O–H groups in total. The van der Waals surface area contributed by atoms with E-state index in [1.165, 1.54) is 18.2 Å². The monoisotopic (exact) mass is 394 g/mol. The van der Waals surface area contributed by atoms with Gasteiger partial charge in [-0.1, -0.05) is 29.3 Å². The van der Waals surface area contributed by atoms with Crippen LogP contribution in [0.2, 0.25) is 5.02 Å². The first kappa shape index (κ1) is 18.2. The summed E-state index contributed by atoms with van der Waals surface area (Å²) in [5.41, 5.74) is 4.83. The van der Waals surface area contributed by atoms with Gasteiger partial charge < -0.3 is 9.73 Å². The molecule has 0 atom stereocenters. The van der Waals surface area contributed by atoms with Gasteiger partial charge in [0.25, 0.3) is 5.91 Å². The van der Waals surface area contributed by atoms with Crippen molar-refractivity contribution in [3.63, 3.8) is 0 Å². The van der Waals surface area contributed by atoms with Crippen LogP contribution in [0, 0.1) is 19.7 Å². The number of halogens is 2. The molecular weight excluding hydrogens is 379 g/mol. The zero-order chi connectivity index (χ0) is 19.8. The summed E-state index contributed by atoms with van der Waals surface area (Å²) in [4.78, 5) is 17.0. The number of nitrogens with zero attached hydrogens (tertiary/aromatic N) is 1. The highest BCUT2D eigenvalue weighted by molar-refractivity contribution is 6.33. The summed E-state index contributed by atoms with van der Waals surface area (Å²) in [7, 11) is 0. The molecule has 0 aliphatic rings. The van der Waals surface area contributed by atoms with Crippen LogP contribution in [0.5, 0.6) is 0 Å². The maximum Gasteiger partial charge on any atom is 0.255 e. The van der Waals surface area contributed by atoms with E-state index in [9.17, 15) is 9.18 Å². The van der Waals surface area contributed by atoms with Crippen molar-refractivity contribution >= 4 is 34.3 Å². The van der Waals surface area contributed by atoms with Gasteiger partial charge in [-0.3, -0.25) is 4.79 Å². The molecule has 1 amide bonds. The SMILES string of the molecule is Cc1ccc(C(=O)Nc2ccc3oc(-c4ccc(F)cc4Cl)nc3c2)c(C)c1. The van der Waals surface area contributed by atoms with Gasteiger partial charge in [0.2, 0.25) is 5.89 Å². The molecule has 1 heterocycles. The highest BCUT2D eigenvalue weighted by atomic mass is 35.5. The minimum absolute atomic E-state index is 0.192. The molecule has 0 spiro atoms. The van der Waals surface area contributed by atoms with E-state index in [0.717, 1.165) is 11.1 Å². The van der Waals surface area contributed by atoms with Gasteiger partial charge >= 0.3 is 0 Å². The number of benzene rings is 3. The number of amides is 1. The van der Waals surface area contributed by atoms with E-state index in [4.69, 9.17) is 16.0 Å². The lowest BCUT2D eigenvalue weighted by molar-refractivity contribution is 0.102. The predicted molar refractivity (Wildman–Crippen MR) is 108 cm³/mol. The molecule has 6 heteroatoms. The predicted octanol–water partition coefficient (Wildman–Crippen LogP) is 6.16. The van der Waals surface area contributed by atoms with Crippen molar-refractivity contribution in [2.24, 2.45) is 0 Å². The lowest BCUT2D eigenvalue weighted by Gasteiger charge is -2.08. The first-order chi connectivity index (χ1) is 13.4. The van der Waals surface area contributed by atoms with Crippen LogP contribution in [0.15, 0.2) is 59.0 Å². The number of carbonyl (C=O) groups is 1. The minimum atomic E-state index is -0.429. The average molecular weight is 395 g/mol. The number of carbonyl (C=O) groups excluding carboxylic acids is 1. The molecule has 4 nitrogen and oxygen atoms in total. The minimum Gasteiger partial charge on any atom is -0.436 e. The smallest absolute Gasteiger partial charge is 0.255 e. The number of aryl methyl sites for hydroxylation is 2. The number of nitrogens with one attached hydrogen (secondary N) is 1. The Balaban J connectivity index is 1.64. The maximum absolute atomic E-state index is 13.3. The van der Waals surface area contributed by atoms with Crippen molar-refractivity contribution in [3.05, 3.63) is 82.1 Å². The Labute approximate surface area is 166 Å². The molecule has 0 aliphatic heterocycles. The molecule has 1 aromatic heterocycles. The van der Waals surface area contributed by atoms with Crippen LogP contribution < -0.4 is 5.32 Å². The highest BCUT2D eigenvalue weighted by Gasteiger charge is 2.14. The molecule has 0 bridgehead atoms. The topological polar surface area (TPSA) is 55.1 Å². The fourth-order valence-corrected chi connectivity index (χ4v) is 3.30. The fraction of sp³-hybridized carbons (Fsp3) is 0.0909. The molecule has 4 rings (SSSR count). The van der Waals surface area contributed by atoms with Crippen LogP contribution in [-0.4, -0.2) is 10.9 Å². The van der Waals surface area contributed by atoms with Gasteiger partial charge in [0.05, 0.1) is 10.6 Å². The second-order valence-corrected chi connectivity index (χ2v) is 7.01. The van der Waals surface area contributed by atoms with Gasteiger partial charge in [0.15, 0.2) is 5.58 Å². The van der Waals surface area contributed by atoms with E-state index >= 15 is 0 Å². The maximum atomic E-state index is 13.3. The van der Waals surface area contributed by atoms with Crippen molar-refractivity contribution in [1.29, 1.82) is 0 Å². The fourth-order valence-electron chi connectivity index (χ4n) is 3.05. The van der Waals surface area contributed by atoms with Crippen LogP contribution in [0.3, 0.4) is 0 Å². The summed E-state index contributed by atoms with van der Waals surface area (Å²) in [5, 5.41) is 3.10. The van der Waals surface area contributed by atoms with Crippen molar-refractivity contribution in [3.8, 4) is 11.5 Å². The van der Waals surface area contributed by atoms with Gasteiger partial charge in [0, 0.05) is 11.3 Å². The van der Waals surface area contributed by atoms with Gasteiger partial charge in [0.1, 0.15) is 11.3 Å². The molecule has 0 radical (unpaired) electrons. The van der Waals surface area contributed by atoms with Gasteiger partial charge in [-0.05, 0) is 61.9 Å². The Morgan fingerprint density at radius 2 is 1.89 bits per heavy atom. The highest BCUT2D eigenvalue weighted by Crippen LogP contribution is 2.31. The largest absolute Gasteiger partial charge is 0.436 e. The number of anilines is 1. The van der Waals surface area contributed by atoms with E-state index in [1.807, 2.05) is 32.0 Å². The van der Waals surface area contributed by atoms with Crippen molar-refractivity contribution in [2.45, 2.75) is 13.8 Å². The first-order valence-electron chi connectivity index (χ1n) is 8.65. The summed E-state index contributed by atoms with van der Waals surface area (Å²) < 4.78 is 19.0. The summed E-state index contributed by atoms with van der Waals surface area (Å²) >= 11 is 6.09. The summed E-state index contributed by atoms with van der Waals surface area (Å²) in [6, 6.07) is 14.9. The standard InChI is InChI=1S/C22H16ClFN2O2/c1-12-3-6-16(13(2)9-12)21(27)25-15-5-8-20-19(11-15)26-22(28-20)17-7-4-14(24)10-18(17)23/h3-11H,1-2H3,(H,25,27). The summed E-state index contributed by atoms with van der Waals surface area (Å²) in [6.07, 6.45) is 0. The normalized spacial score (nSPS) is 11.0. The average Bonchev–Trinajstić information content (AvgIpc) is 3.04. The molecule has 0 saturated carbocycles. The number of aromatic nitrogens is 1. The Morgan fingerprint density at radius 1 is 1.07 bits per heavy atom. The van der Waals surface area contributed by atoms with Gasteiger partial charge in [-0.25, -0.2) is 9.37 Å². The van der Waals surface area contributed by atoms with Crippen molar-refractivity contribution < 1.29 is 13.6 Å². The van der Waals surface area contributed by atoms with E-state index in [1.54, 1.807) is 18.2 Å². The quantitative estimate of drug-likeness (QED) is 0.453. The van der Waals surface area contributed by atoms with Crippen molar-refractivity contribution in [2.75, 3.05) is 5.32 Å². The molecule has 4 aromatic rings. The third-order valence-electron chi connectivity index (χ3n) is 4.43. The zero-order valence-electron chi connectivity index (χ0n) is 15.2. The van der Waals surface area contributed by atoms with E-state index in [-0.39, 0.29) is 16.8 Å². The second kappa shape index (κ2) is 7.09. The van der Waals surface area contributed by atoms with Crippen LogP contribution in [0.4, 0.5) is 10.1 Å². The van der Waals surface area contributed by atoms with Gasteiger partial charge in [-0.2, -0.15) is 0 Å². The zero-order valence-corrected chi connectivity index (χ0v) is 16.0. The molecule has 0 saturated heterocycles. The molecule has 0 unspecified atom stereocenters. The number of hydrogen-bond donors (Lipinski definition) is 1. The first-order valence-corrected chi connectivity index (χ1v) is 9.03. The van der Waals surface area contributed by atoms with E-state index in [0.29, 0.717) is 27.9 Å². The van der Waals surface area contributed by atoms with Crippen LogP contribution >= 0.6 is 11.6 Å². The molecular formula is C22H16ClFN2O2. The van der Waals surface area contributed by atoms with E-state index < -0.39 is 5.82 Å². The number of rotatable bonds is 3. The molecule has 28 heavy (non-hydrogen) atoms. The molecule has 0 fully saturated rings. The molecule has 0 aliphatic carbocycles. The Bertz CT molecular complexity index is 1220. The second-order valence-electron chi connectivity index (χ2n) is 6.60. The van der Waals surface area contributed by atoms with Crippen LogP contribution in [-0.2, 0) is 0 Å². The lowest BCUT2D eigenvalue weighted by Crippen LogP contribution is -2.13. The number of fused-ring (bicyclic) bond motifs is 1. The summed E-state index contributed by atoms with van der Waals surface area (Å²) in [6.45, 7) is 3.89. The lowest BCUT2D eigenvalue weighted by atomic mass is 10.1. The Kier molecular flexibility index (Phi) is 4.61.